The fraction of sp³-hybridized carbons (Fsp3) is 0.0741. The summed E-state index contributed by atoms with van der Waals surface area (Å²) in [5.74, 6) is 7.24. The summed E-state index contributed by atoms with van der Waals surface area (Å²) >= 11 is 2.78. The van der Waals surface area contributed by atoms with Gasteiger partial charge in [0.25, 0.3) is 0 Å². The average molecular weight is 482 g/mol. The Balaban J connectivity index is 1.48. The monoisotopic (exact) mass is 481 g/mol. The minimum absolute atomic E-state index is 0.127. The predicted molar refractivity (Wildman–Crippen MR) is 141 cm³/mol. The zero-order valence-corrected chi connectivity index (χ0v) is 19.9. The van der Waals surface area contributed by atoms with Crippen molar-refractivity contribution >= 4 is 51.0 Å². The van der Waals surface area contributed by atoms with Crippen molar-refractivity contribution in [1.29, 1.82) is 0 Å². The zero-order chi connectivity index (χ0) is 23.5. The minimum atomic E-state index is -0.366. The van der Waals surface area contributed by atoms with E-state index in [1.807, 2.05) is 53.9 Å². The number of amidine groups is 1. The number of rotatable bonds is 4. The van der Waals surface area contributed by atoms with Gasteiger partial charge in [0.1, 0.15) is 5.84 Å². The zero-order valence-electron chi connectivity index (χ0n) is 18.3. The SMILES string of the molecule is Cc1cc(C#Cc2cccs2)ccc1N1Cc2ccccc2N=C1/C=C/c1ccc([N+](=O)[O-])s1. The molecule has 5 rings (SSSR count). The van der Waals surface area contributed by atoms with Crippen molar-refractivity contribution in [3.63, 3.8) is 0 Å². The van der Waals surface area contributed by atoms with Crippen LogP contribution in [0.4, 0.5) is 16.4 Å². The summed E-state index contributed by atoms with van der Waals surface area (Å²) in [6.07, 6.45) is 3.81. The molecule has 0 atom stereocenters. The van der Waals surface area contributed by atoms with E-state index in [1.54, 1.807) is 17.4 Å². The maximum atomic E-state index is 11.0. The first-order chi connectivity index (χ1) is 16.6. The van der Waals surface area contributed by atoms with Gasteiger partial charge in [-0.05, 0) is 72.0 Å². The van der Waals surface area contributed by atoms with Crippen molar-refractivity contribution in [2.45, 2.75) is 13.5 Å². The molecule has 0 N–H and O–H groups in total. The second-order valence-corrected chi connectivity index (χ2v) is 9.72. The van der Waals surface area contributed by atoms with Crippen LogP contribution in [0, 0.1) is 28.9 Å². The van der Waals surface area contributed by atoms with Crippen molar-refractivity contribution in [2.24, 2.45) is 4.99 Å². The predicted octanol–water partition coefficient (Wildman–Crippen LogP) is 7.19. The van der Waals surface area contributed by atoms with Gasteiger partial charge in [-0.25, -0.2) is 4.99 Å². The van der Waals surface area contributed by atoms with Gasteiger partial charge in [0.05, 0.1) is 22.0 Å². The summed E-state index contributed by atoms with van der Waals surface area (Å²) in [6.45, 7) is 2.77. The molecule has 0 aliphatic carbocycles. The Kier molecular flexibility index (Phi) is 6.09. The number of hydrogen-bond acceptors (Lipinski definition) is 6. The van der Waals surface area contributed by atoms with Crippen molar-refractivity contribution in [2.75, 3.05) is 4.90 Å². The third-order valence-corrected chi connectivity index (χ3v) is 7.15. The van der Waals surface area contributed by atoms with Crippen LogP contribution in [0.25, 0.3) is 6.08 Å². The molecule has 2 aromatic carbocycles. The van der Waals surface area contributed by atoms with Crippen LogP contribution in [-0.4, -0.2) is 10.8 Å². The Labute approximate surface area is 205 Å². The van der Waals surface area contributed by atoms with Crippen LogP contribution >= 0.6 is 22.7 Å². The van der Waals surface area contributed by atoms with Gasteiger partial charge in [0.15, 0.2) is 0 Å². The normalized spacial score (nSPS) is 12.7. The van der Waals surface area contributed by atoms with Crippen molar-refractivity contribution in [3.05, 3.63) is 115 Å². The molecule has 3 heterocycles. The van der Waals surface area contributed by atoms with Gasteiger partial charge < -0.3 is 4.90 Å². The molecule has 1 aliphatic rings. The van der Waals surface area contributed by atoms with E-state index in [0.29, 0.717) is 6.54 Å². The smallest absolute Gasteiger partial charge is 0.322 e. The highest BCUT2D eigenvalue weighted by Crippen LogP contribution is 2.32. The maximum Gasteiger partial charge on any atom is 0.324 e. The molecule has 7 heteroatoms. The van der Waals surface area contributed by atoms with E-state index in [9.17, 15) is 10.1 Å². The molecule has 0 amide bonds. The van der Waals surface area contributed by atoms with Gasteiger partial charge >= 0.3 is 5.00 Å². The van der Waals surface area contributed by atoms with Gasteiger partial charge in [-0.2, -0.15) is 0 Å². The van der Waals surface area contributed by atoms with E-state index in [0.717, 1.165) is 55.0 Å². The first kappa shape index (κ1) is 21.8. The largest absolute Gasteiger partial charge is 0.324 e. The molecular weight excluding hydrogens is 462 g/mol. The number of para-hydroxylation sites is 1. The van der Waals surface area contributed by atoms with E-state index in [-0.39, 0.29) is 9.92 Å². The Bertz CT molecular complexity index is 1490. The van der Waals surface area contributed by atoms with E-state index in [2.05, 4.69) is 41.9 Å². The number of benzene rings is 2. The lowest BCUT2D eigenvalue weighted by atomic mass is 10.1. The molecular formula is C27H19N3O2S2. The summed E-state index contributed by atoms with van der Waals surface area (Å²) in [5.41, 5.74) is 5.20. The van der Waals surface area contributed by atoms with Gasteiger partial charge in [-0.15, -0.1) is 11.3 Å². The van der Waals surface area contributed by atoms with Crippen molar-refractivity contribution < 1.29 is 4.92 Å². The van der Waals surface area contributed by atoms with Gasteiger partial charge in [-0.1, -0.05) is 47.4 Å². The lowest BCUT2D eigenvalue weighted by molar-refractivity contribution is -0.380. The fourth-order valence-electron chi connectivity index (χ4n) is 3.73. The molecule has 0 unspecified atom stereocenters. The maximum absolute atomic E-state index is 11.0. The fourth-order valence-corrected chi connectivity index (χ4v) is 5.03. The quantitative estimate of drug-likeness (QED) is 0.176. The van der Waals surface area contributed by atoms with Crippen LogP contribution in [-0.2, 0) is 6.54 Å². The number of nitrogens with zero attached hydrogens (tertiary/aromatic N) is 3. The second-order valence-electron chi connectivity index (χ2n) is 7.68. The lowest BCUT2D eigenvalue weighted by Gasteiger charge is -2.30. The summed E-state index contributed by atoms with van der Waals surface area (Å²) < 4.78 is 0. The number of aryl methyl sites for hydroxylation is 1. The molecule has 4 aromatic rings. The van der Waals surface area contributed by atoms with Crippen LogP contribution in [0.5, 0.6) is 0 Å². The first-order valence-corrected chi connectivity index (χ1v) is 12.3. The van der Waals surface area contributed by atoms with Gasteiger partial charge in [0.2, 0.25) is 0 Å². The second kappa shape index (κ2) is 9.48. The molecule has 34 heavy (non-hydrogen) atoms. The highest BCUT2D eigenvalue weighted by Gasteiger charge is 2.21. The average Bonchev–Trinajstić information content (AvgIpc) is 3.53. The molecule has 0 bridgehead atoms. The Morgan fingerprint density at radius 1 is 1.06 bits per heavy atom. The molecule has 1 aliphatic heterocycles. The van der Waals surface area contributed by atoms with Crippen molar-refractivity contribution in [1.82, 2.24) is 0 Å². The van der Waals surface area contributed by atoms with E-state index in [4.69, 9.17) is 4.99 Å². The molecule has 0 radical (unpaired) electrons. The highest BCUT2D eigenvalue weighted by atomic mass is 32.1. The van der Waals surface area contributed by atoms with Crippen molar-refractivity contribution in [3.8, 4) is 11.8 Å². The van der Waals surface area contributed by atoms with Crippen LogP contribution in [0.2, 0.25) is 0 Å². The van der Waals surface area contributed by atoms with E-state index >= 15 is 0 Å². The molecule has 2 aromatic heterocycles. The number of nitro groups is 1. The standard InChI is InChI=1S/C27H19N3O2S2/c1-19-17-20(8-10-22-6-4-16-33-22)9-13-25(19)29-18-21-5-2-3-7-24(21)28-26(29)14-11-23-12-15-27(34-23)30(31)32/h2-7,9,11-17H,18H2,1H3/b14-11+. The molecule has 166 valence electrons. The van der Waals surface area contributed by atoms with E-state index < -0.39 is 0 Å². The molecule has 0 saturated heterocycles. The Morgan fingerprint density at radius 3 is 2.71 bits per heavy atom. The number of fused-ring (bicyclic) bond motifs is 1. The summed E-state index contributed by atoms with van der Waals surface area (Å²) in [6, 6.07) is 21.6. The van der Waals surface area contributed by atoms with Gasteiger partial charge in [0, 0.05) is 22.2 Å². The third-order valence-electron chi connectivity index (χ3n) is 5.36. The number of anilines is 1. The topological polar surface area (TPSA) is 58.7 Å². The van der Waals surface area contributed by atoms with Crippen LogP contribution in [0.15, 0.2) is 83.2 Å². The lowest BCUT2D eigenvalue weighted by Crippen LogP contribution is -2.31. The Morgan fingerprint density at radius 2 is 1.94 bits per heavy atom. The van der Waals surface area contributed by atoms with E-state index in [1.165, 1.54) is 6.07 Å². The molecule has 0 saturated carbocycles. The van der Waals surface area contributed by atoms with Gasteiger partial charge in [-0.3, -0.25) is 10.1 Å². The number of hydrogen-bond donors (Lipinski definition) is 0. The molecule has 0 fully saturated rings. The Hall–Kier alpha value is -3.99. The first-order valence-electron chi connectivity index (χ1n) is 10.6. The minimum Gasteiger partial charge on any atom is -0.322 e. The summed E-state index contributed by atoms with van der Waals surface area (Å²) in [7, 11) is 0. The number of aliphatic imine (C=N–C) groups is 1. The molecule has 0 spiro atoms. The number of thiophene rings is 2. The molecule has 5 nitrogen and oxygen atoms in total. The summed E-state index contributed by atoms with van der Waals surface area (Å²) in [5, 5.41) is 13.2. The van der Waals surface area contributed by atoms with Crippen LogP contribution < -0.4 is 4.90 Å². The third kappa shape index (κ3) is 4.69. The summed E-state index contributed by atoms with van der Waals surface area (Å²) in [4.78, 5) is 19.6. The van der Waals surface area contributed by atoms with Crippen LogP contribution in [0.1, 0.15) is 26.4 Å². The highest BCUT2D eigenvalue weighted by molar-refractivity contribution is 7.16. The van der Waals surface area contributed by atoms with Crippen LogP contribution in [0.3, 0.4) is 0 Å².